The van der Waals surface area contributed by atoms with Crippen LogP contribution in [0.15, 0.2) is 33.1 Å². The summed E-state index contributed by atoms with van der Waals surface area (Å²) in [5.74, 6) is -0.0870. The van der Waals surface area contributed by atoms with Crippen molar-refractivity contribution in [2.24, 2.45) is 4.40 Å². The van der Waals surface area contributed by atoms with E-state index in [1.165, 1.54) is 0 Å². The number of anilines is 1. The number of rotatable bonds is 5. The Morgan fingerprint density at radius 1 is 1.50 bits per heavy atom. The van der Waals surface area contributed by atoms with Crippen LogP contribution in [0.25, 0.3) is 0 Å². The fourth-order valence-electron chi connectivity index (χ4n) is 1.26. The highest BCUT2D eigenvalue weighted by Gasteiger charge is 2.25. The summed E-state index contributed by atoms with van der Waals surface area (Å²) in [4.78, 5) is 11.7. The SMILES string of the molecule is CC(C)(C)[S@@+]([O-])/N=C/CCC(=O)Nc1cccc(Br)c1. The molecule has 0 bridgehead atoms. The number of hydrogen-bond donors (Lipinski definition) is 1. The molecule has 6 heteroatoms. The van der Waals surface area contributed by atoms with Crippen molar-refractivity contribution in [1.82, 2.24) is 0 Å². The number of halogens is 1. The van der Waals surface area contributed by atoms with Crippen LogP contribution in [0.5, 0.6) is 0 Å². The van der Waals surface area contributed by atoms with Gasteiger partial charge < -0.3 is 9.87 Å². The maximum atomic E-state index is 11.7. The van der Waals surface area contributed by atoms with E-state index in [9.17, 15) is 9.35 Å². The average Bonchev–Trinajstić information content (AvgIpc) is 2.33. The Kier molecular flexibility index (Phi) is 6.71. The standard InChI is InChI=1S/C14H19BrN2O2S/c1-14(2,3)20(19)16-9-5-8-13(18)17-12-7-4-6-11(15)10-12/h4,6-7,9-10H,5,8H2,1-3H3,(H,17,18)/b16-9+/t20-/m1/s1. The largest absolute Gasteiger partial charge is 0.591 e. The van der Waals surface area contributed by atoms with Crippen molar-refractivity contribution < 1.29 is 9.35 Å². The first-order valence-electron chi connectivity index (χ1n) is 6.29. The van der Waals surface area contributed by atoms with Crippen molar-refractivity contribution in [2.45, 2.75) is 38.4 Å². The maximum absolute atomic E-state index is 11.7. The number of nitrogens with zero attached hydrogens (tertiary/aromatic N) is 1. The molecule has 0 radical (unpaired) electrons. The van der Waals surface area contributed by atoms with Gasteiger partial charge in [0.25, 0.3) is 0 Å². The molecule has 0 aliphatic heterocycles. The predicted octanol–water partition coefficient (Wildman–Crippen LogP) is 3.70. The van der Waals surface area contributed by atoms with Crippen molar-refractivity contribution in [3.05, 3.63) is 28.7 Å². The van der Waals surface area contributed by atoms with E-state index >= 15 is 0 Å². The number of amides is 1. The molecule has 1 amide bonds. The molecule has 1 aromatic rings. The van der Waals surface area contributed by atoms with Gasteiger partial charge in [-0.1, -0.05) is 26.4 Å². The van der Waals surface area contributed by atoms with Crippen molar-refractivity contribution in [2.75, 3.05) is 5.32 Å². The fraction of sp³-hybridized carbons (Fsp3) is 0.429. The van der Waals surface area contributed by atoms with E-state index in [1.54, 1.807) is 6.21 Å². The zero-order chi connectivity index (χ0) is 15.2. The third-order valence-corrected chi connectivity index (χ3v) is 4.18. The molecule has 0 spiro atoms. The monoisotopic (exact) mass is 358 g/mol. The number of carbonyl (C=O) groups excluding carboxylic acids is 1. The molecule has 0 aliphatic rings. The zero-order valence-electron chi connectivity index (χ0n) is 11.9. The minimum atomic E-state index is -1.26. The molecule has 20 heavy (non-hydrogen) atoms. The van der Waals surface area contributed by atoms with E-state index in [-0.39, 0.29) is 10.7 Å². The van der Waals surface area contributed by atoms with Gasteiger partial charge in [-0.25, -0.2) is 0 Å². The Morgan fingerprint density at radius 3 is 2.80 bits per heavy atom. The average molecular weight is 359 g/mol. The van der Waals surface area contributed by atoms with Gasteiger partial charge in [-0.15, -0.1) is 0 Å². The molecule has 1 aromatic carbocycles. The van der Waals surface area contributed by atoms with Crippen LogP contribution >= 0.6 is 15.9 Å². The quantitative estimate of drug-likeness (QED) is 0.644. The fourth-order valence-corrected chi connectivity index (χ4v) is 2.22. The lowest BCUT2D eigenvalue weighted by molar-refractivity contribution is -0.116. The first kappa shape index (κ1) is 17.2. The van der Waals surface area contributed by atoms with Gasteiger partial charge in [0.1, 0.15) is 16.1 Å². The van der Waals surface area contributed by atoms with Crippen LogP contribution < -0.4 is 5.32 Å². The van der Waals surface area contributed by atoms with Gasteiger partial charge in [0, 0.05) is 16.6 Å². The van der Waals surface area contributed by atoms with E-state index in [1.807, 2.05) is 45.0 Å². The highest BCUT2D eigenvalue weighted by Crippen LogP contribution is 2.17. The Bertz CT molecular complexity index is 486. The summed E-state index contributed by atoms with van der Waals surface area (Å²) in [6, 6.07) is 7.41. The molecule has 1 N–H and O–H groups in total. The van der Waals surface area contributed by atoms with E-state index in [0.717, 1.165) is 10.2 Å². The number of benzene rings is 1. The third kappa shape index (κ3) is 6.54. The minimum absolute atomic E-state index is 0.0870. The molecule has 110 valence electrons. The van der Waals surface area contributed by atoms with Crippen molar-refractivity contribution in [1.29, 1.82) is 0 Å². The Labute approximate surface area is 131 Å². The van der Waals surface area contributed by atoms with Crippen molar-refractivity contribution >= 4 is 45.1 Å². The van der Waals surface area contributed by atoms with Crippen LogP contribution in [0.2, 0.25) is 0 Å². The number of carbonyl (C=O) groups is 1. The summed E-state index contributed by atoms with van der Waals surface area (Å²) in [6.07, 6.45) is 2.35. The van der Waals surface area contributed by atoms with Gasteiger partial charge >= 0.3 is 0 Å². The third-order valence-electron chi connectivity index (χ3n) is 2.30. The molecule has 4 nitrogen and oxygen atoms in total. The van der Waals surface area contributed by atoms with Gasteiger partial charge in [-0.3, -0.25) is 4.79 Å². The van der Waals surface area contributed by atoms with Crippen LogP contribution in [0.4, 0.5) is 5.69 Å². The van der Waals surface area contributed by atoms with E-state index in [0.29, 0.717) is 12.8 Å². The van der Waals surface area contributed by atoms with E-state index < -0.39 is 11.4 Å². The maximum Gasteiger partial charge on any atom is 0.224 e. The topological polar surface area (TPSA) is 64.5 Å². The molecule has 0 saturated carbocycles. The second-order valence-corrected chi connectivity index (χ2v) is 8.10. The van der Waals surface area contributed by atoms with Crippen molar-refractivity contribution in [3.63, 3.8) is 0 Å². The van der Waals surface area contributed by atoms with Gasteiger partial charge in [0.15, 0.2) is 0 Å². The summed E-state index contributed by atoms with van der Waals surface area (Å²) < 4.78 is 16.1. The van der Waals surface area contributed by atoms with Crippen molar-refractivity contribution in [3.8, 4) is 0 Å². The number of hydrogen-bond acceptors (Lipinski definition) is 3. The van der Waals surface area contributed by atoms with Crippen LogP contribution in [-0.4, -0.2) is 21.4 Å². The number of nitrogens with one attached hydrogen (secondary N) is 1. The second kappa shape index (κ2) is 7.81. The molecule has 0 saturated heterocycles. The lowest BCUT2D eigenvalue weighted by atomic mass is 10.3. The Hall–Kier alpha value is -0.850. The summed E-state index contributed by atoms with van der Waals surface area (Å²) >= 11 is 2.08. The smallest absolute Gasteiger partial charge is 0.224 e. The lowest BCUT2D eigenvalue weighted by Gasteiger charge is -2.17. The Balaban J connectivity index is 2.36. The van der Waals surface area contributed by atoms with Crippen LogP contribution in [0, 0.1) is 0 Å². The van der Waals surface area contributed by atoms with Gasteiger partial charge in [-0.05, 0) is 45.4 Å². The van der Waals surface area contributed by atoms with Gasteiger partial charge in [-0.2, -0.15) is 0 Å². The molecule has 1 atom stereocenters. The second-order valence-electron chi connectivity index (χ2n) is 5.25. The zero-order valence-corrected chi connectivity index (χ0v) is 14.3. The lowest BCUT2D eigenvalue weighted by Crippen LogP contribution is -2.25. The molecule has 1 rings (SSSR count). The van der Waals surface area contributed by atoms with Gasteiger partial charge in [0.2, 0.25) is 5.91 Å². The normalized spacial score (nSPS) is 13.4. The van der Waals surface area contributed by atoms with Gasteiger partial charge in [0.05, 0.1) is 6.21 Å². The summed E-state index contributed by atoms with van der Waals surface area (Å²) in [7, 11) is 0. The van der Waals surface area contributed by atoms with Crippen LogP contribution in [-0.2, 0) is 16.2 Å². The predicted molar refractivity (Wildman–Crippen MR) is 88.4 cm³/mol. The molecular formula is C14H19BrN2O2S. The summed E-state index contributed by atoms with van der Waals surface area (Å²) in [6.45, 7) is 5.58. The summed E-state index contributed by atoms with van der Waals surface area (Å²) in [5, 5.41) is 2.79. The van der Waals surface area contributed by atoms with E-state index in [2.05, 4.69) is 25.6 Å². The minimum Gasteiger partial charge on any atom is -0.591 e. The molecule has 0 fully saturated rings. The summed E-state index contributed by atoms with van der Waals surface area (Å²) in [5.41, 5.74) is 0.750. The highest BCUT2D eigenvalue weighted by atomic mass is 79.9. The molecule has 0 aromatic heterocycles. The van der Waals surface area contributed by atoms with E-state index in [4.69, 9.17) is 0 Å². The first-order chi connectivity index (χ1) is 9.29. The first-order valence-corrected chi connectivity index (χ1v) is 8.19. The molecular weight excluding hydrogens is 340 g/mol. The Morgan fingerprint density at radius 2 is 2.20 bits per heavy atom. The van der Waals surface area contributed by atoms with Crippen LogP contribution in [0.1, 0.15) is 33.6 Å². The van der Waals surface area contributed by atoms with Crippen LogP contribution in [0.3, 0.4) is 0 Å². The molecule has 0 heterocycles. The molecule has 0 aliphatic carbocycles. The highest BCUT2D eigenvalue weighted by molar-refractivity contribution is 9.10. The molecule has 0 unspecified atom stereocenters.